The highest BCUT2D eigenvalue weighted by atomic mass is 16.1. The second kappa shape index (κ2) is 5.04. The number of nitrogens with zero attached hydrogens (tertiary/aromatic N) is 3. The van der Waals surface area contributed by atoms with E-state index in [2.05, 4.69) is 27.2 Å². The Kier molecular flexibility index (Phi) is 3.26. The van der Waals surface area contributed by atoms with E-state index in [0.717, 1.165) is 24.6 Å². The Morgan fingerprint density at radius 3 is 2.39 bits per heavy atom. The highest BCUT2D eigenvalue weighted by molar-refractivity contribution is 5.80. The molecule has 1 saturated carbocycles. The van der Waals surface area contributed by atoms with Gasteiger partial charge in [-0.05, 0) is 25.0 Å². The van der Waals surface area contributed by atoms with Crippen molar-refractivity contribution >= 4 is 11.6 Å². The van der Waals surface area contributed by atoms with Gasteiger partial charge in [0.15, 0.2) is 5.82 Å². The molecular formula is C14H19N3O. The minimum atomic E-state index is 0.363. The SMILES string of the molecule is O=C1CCN(c2ccc(C3CCCC3)nn2)CC1. The van der Waals surface area contributed by atoms with Crippen molar-refractivity contribution in [2.24, 2.45) is 0 Å². The van der Waals surface area contributed by atoms with Crippen LogP contribution in [0.5, 0.6) is 0 Å². The molecule has 0 unspecified atom stereocenters. The lowest BCUT2D eigenvalue weighted by Crippen LogP contribution is -2.34. The third-order valence-electron chi connectivity index (χ3n) is 4.09. The van der Waals surface area contributed by atoms with E-state index in [1.165, 1.54) is 25.7 Å². The third-order valence-corrected chi connectivity index (χ3v) is 4.09. The van der Waals surface area contributed by atoms with Gasteiger partial charge in [0.05, 0.1) is 5.69 Å². The van der Waals surface area contributed by atoms with Gasteiger partial charge < -0.3 is 4.90 Å². The molecular weight excluding hydrogens is 226 g/mol. The van der Waals surface area contributed by atoms with Crippen molar-refractivity contribution in [3.05, 3.63) is 17.8 Å². The average molecular weight is 245 g/mol. The fourth-order valence-corrected chi connectivity index (χ4v) is 2.93. The highest BCUT2D eigenvalue weighted by Crippen LogP contribution is 2.32. The molecule has 96 valence electrons. The number of anilines is 1. The Hall–Kier alpha value is -1.45. The number of ketones is 1. The first-order valence-electron chi connectivity index (χ1n) is 6.93. The topological polar surface area (TPSA) is 46.1 Å². The molecule has 0 aromatic carbocycles. The fraction of sp³-hybridized carbons (Fsp3) is 0.643. The first-order valence-corrected chi connectivity index (χ1v) is 6.93. The molecule has 4 nitrogen and oxygen atoms in total. The van der Waals surface area contributed by atoms with Gasteiger partial charge in [-0.25, -0.2) is 0 Å². The smallest absolute Gasteiger partial charge is 0.151 e. The van der Waals surface area contributed by atoms with E-state index in [1.807, 2.05) is 0 Å². The Morgan fingerprint density at radius 1 is 1.06 bits per heavy atom. The van der Waals surface area contributed by atoms with E-state index in [4.69, 9.17) is 0 Å². The van der Waals surface area contributed by atoms with Crippen LogP contribution in [-0.4, -0.2) is 29.1 Å². The maximum absolute atomic E-state index is 11.2. The largest absolute Gasteiger partial charge is 0.354 e. The maximum atomic E-state index is 11.2. The van der Waals surface area contributed by atoms with Gasteiger partial charge in [0.2, 0.25) is 0 Å². The zero-order valence-corrected chi connectivity index (χ0v) is 10.6. The molecule has 0 atom stereocenters. The molecule has 2 fully saturated rings. The number of Topliss-reactive ketones (excluding diaryl/α,β-unsaturated/α-hetero) is 1. The van der Waals surface area contributed by atoms with Crippen molar-refractivity contribution in [2.45, 2.75) is 44.4 Å². The molecule has 0 bridgehead atoms. The summed E-state index contributed by atoms with van der Waals surface area (Å²) < 4.78 is 0. The van der Waals surface area contributed by atoms with E-state index >= 15 is 0 Å². The van der Waals surface area contributed by atoms with Crippen molar-refractivity contribution in [3.8, 4) is 0 Å². The number of hydrogen-bond acceptors (Lipinski definition) is 4. The number of piperidine rings is 1. The van der Waals surface area contributed by atoms with Crippen LogP contribution in [0.15, 0.2) is 12.1 Å². The van der Waals surface area contributed by atoms with E-state index in [9.17, 15) is 4.79 Å². The van der Waals surface area contributed by atoms with Crippen LogP contribution in [0.2, 0.25) is 0 Å². The first-order chi connectivity index (χ1) is 8.83. The molecule has 1 aliphatic carbocycles. The summed E-state index contributed by atoms with van der Waals surface area (Å²) >= 11 is 0. The summed E-state index contributed by atoms with van der Waals surface area (Å²) in [4.78, 5) is 13.4. The van der Waals surface area contributed by atoms with E-state index in [0.29, 0.717) is 24.5 Å². The Morgan fingerprint density at radius 2 is 1.78 bits per heavy atom. The molecule has 2 aliphatic rings. The number of aromatic nitrogens is 2. The van der Waals surface area contributed by atoms with Crippen LogP contribution < -0.4 is 4.90 Å². The number of hydrogen-bond donors (Lipinski definition) is 0. The predicted molar refractivity (Wildman–Crippen MR) is 69.7 cm³/mol. The molecule has 3 rings (SSSR count). The lowest BCUT2D eigenvalue weighted by Gasteiger charge is -2.26. The standard InChI is InChI=1S/C14H19N3O/c18-12-7-9-17(10-8-12)14-6-5-13(15-16-14)11-3-1-2-4-11/h5-6,11H,1-4,7-10H2. The summed E-state index contributed by atoms with van der Waals surface area (Å²) in [7, 11) is 0. The van der Waals surface area contributed by atoms with Gasteiger partial charge in [-0.15, -0.1) is 5.10 Å². The van der Waals surface area contributed by atoms with Crippen molar-refractivity contribution in [1.82, 2.24) is 10.2 Å². The second-order valence-electron chi connectivity index (χ2n) is 5.32. The molecule has 0 spiro atoms. The van der Waals surface area contributed by atoms with Crippen LogP contribution in [0, 0.1) is 0 Å². The Balaban J connectivity index is 1.68. The molecule has 0 radical (unpaired) electrons. The maximum Gasteiger partial charge on any atom is 0.151 e. The minimum Gasteiger partial charge on any atom is -0.354 e. The van der Waals surface area contributed by atoms with E-state index in [1.54, 1.807) is 0 Å². The molecule has 1 aliphatic heterocycles. The molecule has 1 saturated heterocycles. The summed E-state index contributed by atoms with van der Waals surface area (Å²) in [5.41, 5.74) is 1.14. The van der Waals surface area contributed by atoms with Gasteiger partial charge in [-0.2, -0.15) is 5.10 Å². The minimum absolute atomic E-state index is 0.363. The zero-order valence-electron chi connectivity index (χ0n) is 10.6. The molecule has 0 amide bonds. The third kappa shape index (κ3) is 2.37. The summed E-state index contributed by atoms with van der Waals surface area (Å²) in [5, 5.41) is 8.71. The summed E-state index contributed by atoms with van der Waals surface area (Å²) in [6, 6.07) is 4.19. The normalized spacial score (nSPS) is 21.6. The Bertz CT molecular complexity index is 413. The molecule has 4 heteroatoms. The first kappa shape index (κ1) is 11.6. The average Bonchev–Trinajstić information content (AvgIpc) is 2.94. The summed E-state index contributed by atoms with van der Waals surface area (Å²) in [6.45, 7) is 1.58. The Labute approximate surface area is 107 Å². The van der Waals surface area contributed by atoms with Crippen molar-refractivity contribution in [3.63, 3.8) is 0 Å². The molecule has 2 heterocycles. The second-order valence-corrected chi connectivity index (χ2v) is 5.32. The van der Waals surface area contributed by atoms with Gasteiger partial charge >= 0.3 is 0 Å². The fourth-order valence-electron chi connectivity index (χ4n) is 2.93. The molecule has 0 N–H and O–H groups in total. The predicted octanol–water partition coefficient (Wildman–Crippen LogP) is 2.30. The molecule has 1 aromatic rings. The number of carbonyl (C=O) groups excluding carboxylic acids is 1. The monoisotopic (exact) mass is 245 g/mol. The van der Waals surface area contributed by atoms with Crippen LogP contribution in [0.4, 0.5) is 5.82 Å². The number of rotatable bonds is 2. The van der Waals surface area contributed by atoms with Gasteiger partial charge in [-0.3, -0.25) is 4.79 Å². The number of carbonyl (C=O) groups is 1. The van der Waals surface area contributed by atoms with Gasteiger partial charge in [0.1, 0.15) is 5.78 Å². The van der Waals surface area contributed by atoms with Crippen LogP contribution in [0.3, 0.4) is 0 Å². The highest BCUT2D eigenvalue weighted by Gasteiger charge is 2.20. The quantitative estimate of drug-likeness (QED) is 0.802. The molecule has 18 heavy (non-hydrogen) atoms. The van der Waals surface area contributed by atoms with Crippen LogP contribution in [0.25, 0.3) is 0 Å². The van der Waals surface area contributed by atoms with Crippen molar-refractivity contribution < 1.29 is 4.79 Å². The lowest BCUT2D eigenvalue weighted by atomic mass is 10.0. The van der Waals surface area contributed by atoms with Crippen LogP contribution in [0.1, 0.15) is 50.1 Å². The van der Waals surface area contributed by atoms with Crippen LogP contribution >= 0.6 is 0 Å². The van der Waals surface area contributed by atoms with Crippen LogP contribution in [-0.2, 0) is 4.79 Å². The van der Waals surface area contributed by atoms with Gasteiger partial charge in [0, 0.05) is 31.8 Å². The zero-order chi connectivity index (χ0) is 12.4. The van der Waals surface area contributed by atoms with Crippen molar-refractivity contribution in [2.75, 3.05) is 18.0 Å². The van der Waals surface area contributed by atoms with Crippen molar-refractivity contribution in [1.29, 1.82) is 0 Å². The van der Waals surface area contributed by atoms with E-state index in [-0.39, 0.29) is 0 Å². The summed E-state index contributed by atoms with van der Waals surface area (Å²) in [6.07, 6.45) is 6.45. The lowest BCUT2D eigenvalue weighted by molar-refractivity contribution is -0.119. The summed E-state index contributed by atoms with van der Waals surface area (Å²) in [5.74, 6) is 1.90. The van der Waals surface area contributed by atoms with E-state index < -0.39 is 0 Å². The van der Waals surface area contributed by atoms with Gasteiger partial charge in [0.25, 0.3) is 0 Å². The van der Waals surface area contributed by atoms with Gasteiger partial charge in [-0.1, -0.05) is 12.8 Å². The molecule has 1 aromatic heterocycles.